The molecule has 0 radical (unpaired) electrons. The van der Waals surface area contributed by atoms with Gasteiger partial charge in [0.15, 0.2) is 0 Å². The Bertz CT molecular complexity index is 330. The molecule has 0 saturated carbocycles. The molecule has 1 aliphatic heterocycles. The van der Waals surface area contributed by atoms with Crippen molar-refractivity contribution in [1.82, 2.24) is 5.32 Å². The molecule has 2 nitrogen and oxygen atoms in total. The van der Waals surface area contributed by atoms with Gasteiger partial charge in [0.2, 0.25) is 0 Å². The molecular formula is C12H17BrN2. The number of nitrogens with zero attached hydrogens (tertiary/aromatic N) is 1. The van der Waals surface area contributed by atoms with E-state index in [1.807, 2.05) is 0 Å². The van der Waals surface area contributed by atoms with E-state index in [2.05, 4.69) is 51.3 Å². The summed E-state index contributed by atoms with van der Waals surface area (Å²) in [4.78, 5) is 2.47. The van der Waals surface area contributed by atoms with E-state index >= 15 is 0 Å². The third-order valence-corrected chi connectivity index (χ3v) is 3.33. The van der Waals surface area contributed by atoms with E-state index in [0.717, 1.165) is 30.7 Å². The lowest BCUT2D eigenvalue weighted by Gasteiger charge is -2.24. The summed E-state index contributed by atoms with van der Waals surface area (Å²) >= 11 is 3.50. The van der Waals surface area contributed by atoms with Crippen molar-refractivity contribution in [3.05, 3.63) is 28.2 Å². The van der Waals surface area contributed by atoms with Crippen LogP contribution in [0.3, 0.4) is 0 Å². The van der Waals surface area contributed by atoms with E-state index < -0.39 is 0 Å². The van der Waals surface area contributed by atoms with Gasteiger partial charge in [-0.1, -0.05) is 15.9 Å². The van der Waals surface area contributed by atoms with Crippen molar-refractivity contribution in [2.75, 3.05) is 31.1 Å². The normalized spacial score (nSPS) is 17.6. The van der Waals surface area contributed by atoms with E-state index in [0.29, 0.717) is 0 Å². The fourth-order valence-corrected chi connectivity index (χ4v) is 2.54. The average Bonchev–Trinajstić information content (AvgIpc) is 2.46. The minimum absolute atomic E-state index is 1.09. The SMILES string of the molecule is Cc1cc(Br)ccc1N1CCCNCC1. The molecule has 1 N–H and O–H groups in total. The van der Waals surface area contributed by atoms with Gasteiger partial charge in [-0.3, -0.25) is 0 Å². The first kappa shape index (κ1) is 11.0. The third kappa shape index (κ3) is 2.73. The van der Waals surface area contributed by atoms with Crippen LogP contribution in [-0.2, 0) is 0 Å². The number of benzene rings is 1. The molecule has 1 saturated heterocycles. The zero-order valence-corrected chi connectivity index (χ0v) is 10.7. The van der Waals surface area contributed by atoms with Gasteiger partial charge in [0.1, 0.15) is 0 Å². The van der Waals surface area contributed by atoms with Gasteiger partial charge in [0, 0.05) is 29.8 Å². The summed E-state index contributed by atoms with van der Waals surface area (Å²) in [7, 11) is 0. The highest BCUT2D eigenvalue weighted by Gasteiger charge is 2.11. The number of aryl methyl sites for hydroxylation is 1. The van der Waals surface area contributed by atoms with Crippen molar-refractivity contribution in [3.63, 3.8) is 0 Å². The molecule has 1 aromatic rings. The summed E-state index contributed by atoms with van der Waals surface area (Å²) in [6.45, 7) is 6.69. The number of rotatable bonds is 1. The highest BCUT2D eigenvalue weighted by atomic mass is 79.9. The number of nitrogens with one attached hydrogen (secondary N) is 1. The quantitative estimate of drug-likeness (QED) is 0.843. The smallest absolute Gasteiger partial charge is 0.0397 e. The average molecular weight is 269 g/mol. The molecule has 1 heterocycles. The van der Waals surface area contributed by atoms with Crippen LogP contribution in [0.4, 0.5) is 5.69 Å². The van der Waals surface area contributed by atoms with Crippen LogP contribution in [0.25, 0.3) is 0 Å². The molecule has 1 fully saturated rings. The molecule has 1 aliphatic rings. The van der Waals surface area contributed by atoms with Crippen molar-refractivity contribution in [1.29, 1.82) is 0 Å². The molecule has 0 bridgehead atoms. The van der Waals surface area contributed by atoms with Gasteiger partial charge in [-0.25, -0.2) is 0 Å². The Morgan fingerprint density at radius 1 is 1.27 bits per heavy atom. The molecule has 0 atom stereocenters. The monoisotopic (exact) mass is 268 g/mol. The third-order valence-electron chi connectivity index (χ3n) is 2.84. The lowest BCUT2D eigenvalue weighted by Crippen LogP contribution is -2.28. The second kappa shape index (κ2) is 4.99. The molecule has 15 heavy (non-hydrogen) atoms. The van der Waals surface area contributed by atoms with Crippen LogP contribution in [0.1, 0.15) is 12.0 Å². The maximum atomic E-state index is 3.50. The number of halogens is 1. The molecule has 82 valence electrons. The summed E-state index contributed by atoms with van der Waals surface area (Å²) in [5.74, 6) is 0. The Balaban J connectivity index is 2.19. The highest BCUT2D eigenvalue weighted by molar-refractivity contribution is 9.10. The molecule has 0 aromatic heterocycles. The minimum Gasteiger partial charge on any atom is -0.370 e. The largest absolute Gasteiger partial charge is 0.370 e. The van der Waals surface area contributed by atoms with Crippen molar-refractivity contribution in [3.8, 4) is 0 Å². The van der Waals surface area contributed by atoms with Gasteiger partial charge in [0.05, 0.1) is 0 Å². The summed E-state index contributed by atoms with van der Waals surface area (Å²) in [6, 6.07) is 6.53. The molecule has 0 aliphatic carbocycles. The second-order valence-electron chi connectivity index (χ2n) is 4.02. The lowest BCUT2D eigenvalue weighted by atomic mass is 10.2. The predicted molar refractivity (Wildman–Crippen MR) is 68.6 cm³/mol. The maximum Gasteiger partial charge on any atom is 0.0397 e. The number of hydrogen-bond donors (Lipinski definition) is 1. The minimum atomic E-state index is 1.09. The molecule has 3 heteroatoms. The van der Waals surface area contributed by atoms with Gasteiger partial charge in [-0.2, -0.15) is 0 Å². The van der Waals surface area contributed by atoms with Gasteiger partial charge in [-0.15, -0.1) is 0 Å². The van der Waals surface area contributed by atoms with Crippen LogP contribution in [0.5, 0.6) is 0 Å². The Labute approximate surface area is 99.8 Å². The zero-order valence-electron chi connectivity index (χ0n) is 9.09. The van der Waals surface area contributed by atoms with E-state index in [4.69, 9.17) is 0 Å². The summed E-state index contributed by atoms with van der Waals surface area (Å²) in [6.07, 6.45) is 1.23. The van der Waals surface area contributed by atoms with Crippen molar-refractivity contribution < 1.29 is 0 Å². The summed E-state index contributed by atoms with van der Waals surface area (Å²) < 4.78 is 1.16. The van der Waals surface area contributed by atoms with Crippen LogP contribution in [0.2, 0.25) is 0 Å². The fraction of sp³-hybridized carbons (Fsp3) is 0.500. The topological polar surface area (TPSA) is 15.3 Å². The Morgan fingerprint density at radius 3 is 2.93 bits per heavy atom. The van der Waals surface area contributed by atoms with Gasteiger partial charge >= 0.3 is 0 Å². The van der Waals surface area contributed by atoms with E-state index in [9.17, 15) is 0 Å². The first-order valence-electron chi connectivity index (χ1n) is 5.49. The van der Waals surface area contributed by atoms with Crippen molar-refractivity contribution >= 4 is 21.6 Å². The lowest BCUT2D eigenvalue weighted by molar-refractivity contribution is 0.724. The van der Waals surface area contributed by atoms with Crippen LogP contribution in [-0.4, -0.2) is 26.2 Å². The Hall–Kier alpha value is -0.540. The van der Waals surface area contributed by atoms with Gasteiger partial charge in [0.25, 0.3) is 0 Å². The molecule has 0 unspecified atom stereocenters. The first-order chi connectivity index (χ1) is 7.27. The molecule has 2 rings (SSSR count). The fourth-order valence-electron chi connectivity index (χ4n) is 2.06. The number of hydrogen-bond acceptors (Lipinski definition) is 2. The van der Waals surface area contributed by atoms with Crippen LogP contribution in [0, 0.1) is 6.92 Å². The maximum absolute atomic E-state index is 3.50. The second-order valence-corrected chi connectivity index (χ2v) is 4.94. The molecule has 1 aromatic carbocycles. The van der Waals surface area contributed by atoms with Gasteiger partial charge in [-0.05, 0) is 43.7 Å². The van der Waals surface area contributed by atoms with Crippen LogP contribution >= 0.6 is 15.9 Å². The van der Waals surface area contributed by atoms with E-state index in [-0.39, 0.29) is 0 Å². The van der Waals surface area contributed by atoms with Crippen LogP contribution in [0.15, 0.2) is 22.7 Å². The summed E-state index contributed by atoms with van der Waals surface area (Å²) in [5.41, 5.74) is 2.73. The summed E-state index contributed by atoms with van der Waals surface area (Å²) in [5, 5.41) is 3.43. The Kier molecular flexibility index (Phi) is 3.65. The van der Waals surface area contributed by atoms with Crippen molar-refractivity contribution in [2.24, 2.45) is 0 Å². The van der Waals surface area contributed by atoms with Crippen molar-refractivity contribution in [2.45, 2.75) is 13.3 Å². The van der Waals surface area contributed by atoms with E-state index in [1.165, 1.54) is 17.7 Å². The molecular weight excluding hydrogens is 252 g/mol. The molecule has 0 amide bonds. The molecule has 0 spiro atoms. The number of anilines is 1. The highest BCUT2D eigenvalue weighted by Crippen LogP contribution is 2.24. The van der Waals surface area contributed by atoms with Gasteiger partial charge < -0.3 is 10.2 Å². The van der Waals surface area contributed by atoms with Crippen LogP contribution < -0.4 is 10.2 Å². The zero-order chi connectivity index (χ0) is 10.7. The Morgan fingerprint density at radius 2 is 2.13 bits per heavy atom. The standard InChI is InChI=1S/C12H17BrN2/c1-10-9-11(13)3-4-12(10)15-7-2-5-14-6-8-15/h3-4,9,14H,2,5-8H2,1H3. The first-order valence-corrected chi connectivity index (χ1v) is 6.28. The predicted octanol–water partition coefficient (Wildman–Crippen LogP) is 2.56. The van der Waals surface area contributed by atoms with E-state index in [1.54, 1.807) is 0 Å².